The highest BCUT2D eigenvalue weighted by molar-refractivity contribution is 6.03. The second-order valence-corrected chi connectivity index (χ2v) is 9.50. The zero-order valence-corrected chi connectivity index (χ0v) is 21.5. The molecule has 2 aromatic carbocycles. The van der Waals surface area contributed by atoms with Crippen LogP contribution in [-0.4, -0.2) is 26.0 Å². The largest absolute Gasteiger partial charge is 0.493 e. The molecule has 0 aliphatic carbocycles. The summed E-state index contributed by atoms with van der Waals surface area (Å²) < 4.78 is 11.9. The molecule has 0 amide bonds. The van der Waals surface area contributed by atoms with Gasteiger partial charge in [-0.05, 0) is 81.3 Å². The second-order valence-electron chi connectivity index (χ2n) is 9.50. The molecule has 0 fully saturated rings. The van der Waals surface area contributed by atoms with Crippen molar-refractivity contribution in [2.45, 2.75) is 67.2 Å². The third kappa shape index (κ3) is 8.60. The van der Waals surface area contributed by atoms with Gasteiger partial charge >= 0.3 is 0 Å². The first-order valence-electron chi connectivity index (χ1n) is 11.9. The quantitative estimate of drug-likeness (QED) is 0.146. The van der Waals surface area contributed by atoms with Gasteiger partial charge in [-0.15, -0.1) is 0 Å². The normalized spacial score (nSPS) is 12.3. The Morgan fingerprint density at radius 1 is 0.970 bits per heavy atom. The van der Waals surface area contributed by atoms with Gasteiger partial charge in [-0.2, -0.15) is 0 Å². The van der Waals surface area contributed by atoms with E-state index in [1.807, 2.05) is 19.1 Å². The van der Waals surface area contributed by atoms with Crippen LogP contribution in [0.2, 0.25) is 0 Å². The standard InChI is InChI=1S/C29H41NO3/c1-8-9-17-32-26-19-22(2)27(23(3)20-26)33-18-12-10-11-14-24-15-13-16-25(21-24)28(30-31-7)29(4,5)6/h8-9,13,15-16,19-21H,10-12,14,17-18H2,1-7H3/b9-8+,30-28?. The van der Waals surface area contributed by atoms with Crippen molar-refractivity contribution in [1.82, 2.24) is 0 Å². The monoisotopic (exact) mass is 451 g/mol. The van der Waals surface area contributed by atoms with E-state index in [0.717, 1.165) is 66.2 Å². The van der Waals surface area contributed by atoms with E-state index in [-0.39, 0.29) is 5.41 Å². The van der Waals surface area contributed by atoms with Crippen molar-refractivity contribution in [3.63, 3.8) is 0 Å². The molecule has 0 N–H and O–H groups in total. The van der Waals surface area contributed by atoms with Gasteiger partial charge in [-0.3, -0.25) is 0 Å². The molecular weight excluding hydrogens is 410 g/mol. The lowest BCUT2D eigenvalue weighted by Gasteiger charge is -2.21. The molecule has 0 spiro atoms. The summed E-state index contributed by atoms with van der Waals surface area (Å²) in [5, 5.41) is 4.28. The van der Waals surface area contributed by atoms with Crippen molar-refractivity contribution in [3.05, 3.63) is 70.8 Å². The minimum atomic E-state index is -0.0703. The van der Waals surface area contributed by atoms with E-state index < -0.39 is 0 Å². The first kappa shape index (κ1) is 26.5. The van der Waals surface area contributed by atoms with Gasteiger partial charge in [-0.25, -0.2) is 0 Å². The van der Waals surface area contributed by atoms with Crippen LogP contribution in [0.1, 0.15) is 69.2 Å². The fraction of sp³-hybridized carbons (Fsp3) is 0.483. The van der Waals surface area contributed by atoms with E-state index in [0.29, 0.717) is 6.61 Å². The number of nitrogens with zero attached hydrogens (tertiary/aromatic N) is 1. The average Bonchev–Trinajstić information content (AvgIpc) is 2.75. The van der Waals surface area contributed by atoms with E-state index in [4.69, 9.17) is 14.3 Å². The molecule has 0 heterocycles. The van der Waals surface area contributed by atoms with Gasteiger partial charge in [-0.1, -0.05) is 56.3 Å². The summed E-state index contributed by atoms with van der Waals surface area (Å²) in [5.74, 6) is 1.87. The molecule has 4 nitrogen and oxygen atoms in total. The van der Waals surface area contributed by atoms with Crippen molar-refractivity contribution in [2.24, 2.45) is 10.6 Å². The van der Waals surface area contributed by atoms with Gasteiger partial charge in [0.1, 0.15) is 25.2 Å². The maximum Gasteiger partial charge on any atom is 0.125 e. The van der Waals surface area contributed by atoms with Gasteiger partial charge < -0.3 is 14.3 Å². The van der Waals surface area contributed by atoms with Gasteiger partial charge in [0.25, 0.3) is 0 Å². The van der Waals surface area contributed by atoms with Crippen LogP contribution < -0.4 is 9.47 Å². The van der Waals surface area contributed by atoms with Crippen molar-refractivity contribution in [1.29, 1.82) is 0 Å². The van der Waals surface area contributed by atoms with Crippen molar-refractivity contribution >= 4 is 5.71 Å². The Morgan fingerprint density at radius 2 is 1.70 bits per heavy atom. The number of oxime groups is 1. The lowest BCUT2D eigenvalue weighted by molar-refractivity contribution is 0.209. The highest BCUT2D eigenvalue weighted by atomic mass is 16.6. The van der Waals surface area contributed by atoms with Crippen LogP contribution in [0.4, 0.5) is 0 Å². The average molecular weight is 452 g/mol. The zero-order chi connectivity index (χ0) is 24.3. The van der Waals surface area contributed by atoms with Crippen molar-refractivity contribution < 1.29 is 14.3 Å². The van der Waals surface area contributed by atoms with Gasteiger partial charge in [0.2, 0.25) is 0 Å². The molecule has 2 rings (SSSR count). The SMILES string of the molecule is C/C=C/COc1cc(C)c(OCCCCCc2cccc(C(=NOC)C(C)(C)C)c2)c(C)c1. The van der Waals surface area contributed by atoms with Gasteiger partial charge in [0.15, 0.2) is 0 Å². The molecule has 0 unspecified atom stereocenters. The number of rotatable bonds is 12. The summed E-state index contributed by atoms with van der Waals surface area (Å²) in [6, 6.07) is 12.8. The molecule has 0 aliphatic rings. The fourth-order valence-electron chi connectivity index (χ4n) is 3.83. The molecule has 0 atom stereocenters. The maximum atomic E-state index is 6.12. The Labute approximate surface area is 200 Å². The van der Waals surface area contributed by atoms with Gasteiger partial charge in [0, 0.05) is 11.0 Å². The Hall–Kier alpha value is -2.75. The maximum absolute atomic E-state index is 6.12. The molecule has 33 heavy (non-hydrogen) atoms. The summed E-state index contributed by atoms with van der Waals surface area (Å²) in [6.07, 6.45) is 8.35. The molecule has 4 heteroatoms. The van der Waals surface area contributed by atoms with Gasteiger partial charge in [0.05, 0.1) is 12.3 Å². The molecule has 0 bridgehead atoms. The van der Waals surface area contributed by atoms with Crippen LogP contribution in [0.25, 0.3) is 0 Å². The first-order chi connectivity index (χ1) is 15.8. The lowest BCUT2D eigenvalue weighted by Crippen LogP contribution is -2.22. The molecule has 2 aromatic rings. The number of hydrogen-bond acceptors (Lipinski definition) is 4. The van der Waals surface area contributed by atoms with E-state index in [1.165, 1.54) is 5.56 Å². The fourth-order valence-corrected chi connectivity index (χ4v) is 3.83. The topological polar surface area (TPSA) is 40.0 Å². The molecular formula is C29H41NO3. The molecule has 0 radical (unpaired) electrons. The van der Waals surface area contributed by atoms with E-state index in [1.54, 1.807) is 7.11 Å². The highest BCUT2D eigenvalue weighted by Gasteiger charge is 2.21. The number of ether oxygens (including phenoxy) is 2. The minimum Gasteiger partial charge on any atom is -0.493 e. The minimum absolute atomic E-state index is 0.0703. The Kier molecular flexibility index (Phi) is 10.5. The van der Waals surface area contributed by atoms with Crippen LogP contribution in [0.15, 0.2) is 53.7 Å². The Morgan fingerprint density at radius 3 is 2.33 bits per heavy atom. The molecule has 180 valence electrons. The second kappa shape index (κ2) is 13.1. The van der Waals surface area contributed by atoms with Crippen LogP contribution in [0.3, 0.4) is 0 Å². The molecule has 0 saturated carbocycles. The smallest absolute Gasteiger partial charge is 0.125 e. The predicted molar refractivity (Wildman–Crippen MR) is 139 cm³/mol. The van der Waals surface area contributed by atoms with E-state index in [2.05, 4.69) is 76.2 Å². The summed E-state index contributed by atoms with van der Waals surface area (Å²) >= 11 is 0. The van der Waals surface area contributed by atoms with E-state index in [9.17, 15) is 0 Å². The van der Waals surface area contributed by atoms with Crippen LogP contribution in [-0.2, 0) is 11.3 Å². The van der Waals surface area contributed by atoms with Crippen LogP contribution in [0.5, 0.6) is 11.5 Å². The number of aryl methyl sites for hydroxylation is 3. The van der Waals surface area contributed by atoms with Crippen molar-refractivity contribution in [2.75, 3.05) is 20.3 Å². The van der Waals surface area contributed by atoms with Crippen LogP contribution >= 0.6 is 0 Å². The summed E-state index contributed by atoms with van der Waals surface area (Å²) in [5.41, 5.74) is 5.61. The third-order valence-electron chi connectivity index (χ3n) is 5.47. The van der Waals surface area contributed by atoms with E-state index >= 15 is 0 Å². The zero-order valence-electron chi connectivity index (χ0n) is 21.5. The number of hydrogen-bond donors (Lipinski definition) is 0. The summed E-state index contributed by atoms with van der Waals surface area (Å²) in [4.78, 5) is 5.10. The summed E-state index contributed by atoms with van der Waals surface area (Å²) in [7, 11) is 1.61. The number of benzene rings is 2. The molecule has 0 saturated heterocycles. The summed E-state index contributed by atoms with van der Waals surface area (Å²) in [6.45, 7) is 14.0. The first-order valence-corrected chi connectivity index (χ1v) is 11.9. The predicted octanol–water partition coefficient (Wildman–Crippen LogP) is 7.45. The Balaban J connectivity index is 1.82. The number of unbranched alkanes of at least 4 members (excludes halogenated alkanes) is 2. The highest BCUT2D eigenvalue weighted by Crippen LogP contribution is 2.29. The van der Waals surface area contributed by atoms with Crippen molar-refractivity contribution in [3.8, 4) is 11.5 Å². The Bertz CT molecular complexity index is 915. The third-order valence-corrected chi connectivity index (χ3v) is 5.47. The number of allylic oxidation sites excluding steroid dienone is 1. The lowest BCUT2D eigenvalue weighted by atomic mass is 9.85. The molecule has 0 aromatic heterocycles. The molecule has 0 aliphatic heterocycles. The van der Waals surface area contributed by atoms with Crippen LogP contribution in [0, 0.1) is 19.3 Å².